The smallest absolute Gasteiger partial charge is 0.000599 e. The second kappa shape index (κ2) is 3.31. The molecule has 1 nitrogen and oxygen atoms in total. The van der Waals surface area contributed by atoms with Crippen LogP contribution in [0.15, 0.2) is 16.8 Å². The lowest BCUT2D eigenvalue weighted by Gasteiger charge is -2.05. The van der Waals surface area contributed by atoms with Crippen LogP contribution >= 0.6 is 20.1 Å². The Balaban J connectivity index is 2.48. The van der Waals surface area contributed by atoms with Gasteiger partial charge in [-0.15, -0.1) is 0 Å². The van der Waals surface area contributed by atoms with E-state index in [0.717, 1.165) is 8.73 Å². The molecule has 1 aromatic rings. The van der Waals surface area contributed by atoms with Gasteiger partial charge in [-0.05, 0) is 45.0 Å². The lowest BCUT2D eigenvalue weighted by Crippen LogP contribution is -2.02. The van der Waals surface area contributed by atoms with E-state index in [4.69, 9.17) is 0 Å². The highest BCUT2D eigenvalue weighted by molar-refractivity contribution is 7.45. The second-order valence-electron chi connectivity index (χ2n) is 2.02. The standard InChI is InChI=1S/C6H10NPS/c1-7(2)8-6-3-4-9-5-6/h3-5,8H,1-2H3. The van der Waals surface area contributed by atoms with Crippen molar-refractivity contribution < 1.29 is 0 Å². The molecule has 0 radical (unpaired) electrons. The van der Waals surface area contributed by atoms with Crippen LogP contribution in [0.25, 0.3) is 0 Å². The Morgan fingerprint density at radius 1 is 1.56 bits per heavy atom. The highest BCUT2D eigenvalue weighted by Gasteiger charge is 1.92. The summed E-state index contributed by atoms with van der Waals surface area (Å²) in [5, 5.41) is 5.74. The molecule has 9 heavy (non-hydrogen) atoms. The van der Waals surface area contributed by atoms with Crippen molar-refractivity contribution in [2.24, 2.45) is 0 Å². The minimum absolute atomic E-state index is 0.829. The molecular formula is C6H10NPS. The molecule has 0 spiro atoms. The number of hydrogen-bond acceptors (Lipinski definition) is 2. The first-order chi connectivity index (χ1) is 4.29. The first-order valence-corrected chi connectivity index (χ1v) is 4.64. The molecular weight excluding hydrogens is 149 g/mol. The van der Waals surface area contributed by atoms with Gasteiger partial charge >= 0.3 is 0 Å². The van der Waals surface area contributed by atoms with Crippen molar-refractivity contribution in [2.45, 2.75) is 0 Å². The molecule has 1 aromatic heterocycles. The van der Waals surface area contributed by atoms with E-state index in [1.54, 1.807) is 11.3 Å². The molecule has 3 heteroatoms. The summed E-state index contributed by atoms with van der Waals surface area (Å²) in [5.74, 6) is 0. The van der Waals surface area contributed by atoms with Crippen LogP contribution in [0.1, 0.15) is 0 Å². The van der Waals surface area contributed by atoms with Crippen LogP contribution in [0.3, 0.4) is 0 Å². The summed E-state index contributed by atoms with van der Waals surface area (Å²) >= 11 is 1.76. The molecule has 0 aromatic carbocycles. The number of rotatable bonds is 2. The molecule has 1 rings (SSSR count). The van der Waals surface area contributed by atoms with E-state index in [2.05, 4.69) is 35.6 Å². The third-order valence-corrected chi connectivity index (χ3v) is 2.78. The summed E-state index contributed by atoms with van der Waals surface area (Å²) in [6.45, 7) is 0. The fourth-order valence-electron chi connectivity index (χ4n) is 0.586. The SMILES string of the molecule is CN(C)Pc1ccsc1. The third-order valence-electron chi connectivity index (χ3n) is 0.874. The fraction of sp³-hybridized carbons (Fsp3) is 0.333. The molecule has 1 heterocycles. The molecule has 0 aliphatic carbocycles. The maximum Gasteiger partial charge on any atom is -0.000599 e. The zero-order valence-corrected chi connectivity index (χ0v) is 7.40. The molecule has 0 aliphatic heterocycles. The summed E-state index contributed by atoms with van der Waals surface area (Å²) < 4.78 is 2.20. The Kier molecular flexibility index (Phi) is 2.65. The van der Waals surface area contributed by atoms with Gasteiger partial charge in [-0.3, -0.25) is 4.67 Å². The Morgan fingerprint density at radius 2 is 2.33 bits per heavy atom. The number of hydrogen-bond donors (Lipinski definition) is 0. The monoisotopic (exact) mass is 159 g/mol. The van der Waals surface area contributed by atoms with Crippen LogP contribution in [0.5, 0.6) is 0 Å². The number of nitrogens with zero attached hydrogens (tertiary/aromatic N) is 1. The maximum atomic E-state index is 2.20. The van der Waals surface area contributed by atoms with Crippen molar-refractivity contribution in [3.05, 3.63) is 16.8 Å². The van der Waals surface area contributed by atoms with Gasteiger partial charge in [-0.2, -0.15) is 11.3 Å². The molecule has 0 saturated heterocycles. The van der Waals surface area contributed by atoms with Crippen LogP contribution in [-0.4, -0.2) is 18.8 Å². The van der Waals surface area contributed by atoms with Crippen LogP contribution in [0.2, 0.25) is 0 Å². The van der Waals surface area contributed by atoms with E-state index in [1.165, 1.54) is 5.30 Å². The first kappa shape index (κ1) is 7.20. The summed E-state index contributed by atoms with van der Waals surface area (Å²) in [4.78, 5) is 0. The highest BCUT2D eigenvalue weighted by Crippen LogP contribution is 2.13. The van der Waals surface area contributed by atoms with E-state index in [0.29, 0.717) is 0 Å². The van der Waals surface area contributed by atoms with Gasteiger partial charge in [-0.25, -0.2) is 0 Å². The zero-order valence-electron chi connectivity index (χ0n) is 5.59. The van der Waals surface area contributed by atoms with E-state index >= 15 is 0 Å². The molecule has 0 bridgehead atoms. The third kappa shape index (κ3) is 2.44. The summed E-state index contributed by atoms with van der Waals surface area (Å²) in [7, 11) is 5.02. The number of thiophene rings is 1. The predicted molar refractivity (Wildman–Crippen MR) is 46.0 cm³/mol. The minimum Gasteiger partial charge on any atom is -0.287 e. The van der Waals surface area contributed by atoms with E-state index in [-0.39, 0.29) is 0 Å². The Labute approximate surface area is 61.5 Å². The summed E-state index contributed by atoms with van der Waals surface area (Å²) in [5.41, 5.74) is 0. The van der Waals surface area contributed by atoms with Crippen molar-refractivity contribution in [3.63, 3.8) is 0 Å². The molecule has 0 saturated carbocycles. The lowest BCUT2D eigenvalue weighted by atomic mass is 10.7. The van der Waals surface area contributed by atoms with Crippen molar-refractivity contribution in [2.75, 3.05) is 14.1 Å². The second-order valence-corrected chi connectivity index (χ2v) is 4.49. The zero-order chi connectivity index (χ0) is 6.69. The van der Waals surface area contributed by atoms with Gasteiger partial charge in [0.1, 0.15) is 0 Å². The van der Waals surface area contributed by atoms with Crippen LogP contribution in [0, 0.1) is 0 Å². The predicted octanol–water partition coefficient (Wildman–Crippen LogP) is 1.53. The average molecular weight is 159 g/mol. The summed E-state index contributed by atoms with van der Waals surface area (Å²) in [6.07, 6.45) is 0. The lowest BCUT2D eigenvalue weighted by molar-refractivity contribution is 0.697. The first-order valence-electron chi connectivity index (χ1n) is 2.75. The van der Waals surface area contributed by atoms with Gasteiger partial charge in [0.25, 0.3) is 0 Å². The van der Waals surface area contributed by atoms with Gasteiger partial charge in [0.05, 0.1) is 0 Å². The van der Waals surface area contributed by atoms with E-state index in [9.17, 15) is 0 Å². The highest BCUT2D eigenvalue weighted by atomic mass is 32.1. The van der Waals surface area contributed by atoms with Crippen molar-refractivity contribution in [1.82, 2.24) is 4.67 Å². The molecule has 0 amide bonds. The molecule has 0 aliphatic rings. The molecule has 0 fully saturated rings. The van der Waals surface area contributed by atoms with E-state index in [1.807, 2.05) is 0 Å². The van der Waals surface area contributed by atoms with Gasteiger partial charge in [0.2, 0.25) is 0 Å². The van der Waals surface area contributed by atoms with Gasteiger partial charge < -0.3 is 0 Å². The minimum atomic E-state index is 0.829. The van der Waals surface area contributed by atoms with Crippen molar-refractivity contribution >= 4 is 25.4 Å². The van der Waals surface area contributed by atoms with Gasteiger partial charge in [0, 0.05) is 0 Å². The largest absolute Gasteiger partial charge is 0.287 e. The Hall–Kier alpha value is 0.0900. The van der Waals surface area contributed by atoms with Gasteiger partial charge in [0.15, 0.2) is 0 Å². The van der Waals surface area contributed by atoms with Crippen LogP contribution in [0.4, 0.5) is 0 Å². The fourth-order valence-corrected chi connectivity index (χ4v) is 2.33. The summed E-state index contributed by atoms with van der Waals surface area (Å²) in [6, 6.07) is 2.17. The molecule has 1 unspecified atom stereocenters. The van der Waals surface area contributed by atoms with Crippen LogP contribution in [-0.2, 0) is 0 Å². The quantitative estimate of drug-likeness (QED) is 0.591. The van der Waals surface area contributed by atoms with Gasteiger partial charge in [-0.1, -0.05) is 0 Å². The average Bonchev–Trinajstić information content (AvgIpc) is 2.15. The molecule has 1 atom stereocenters. The van der Waals surface area contributed by atoms with Crippen LogP contribution < -0.4 is 5.30 Å². The van der Waals surface area contributed by atoms with Crippen molar-refractivity contribution in [3.8, 4) is 0 Å². The maximum absolute atomic E-state index is 2.20. The Bertz CT molecular complexity index is 160. The van der Waals surface area contributed by atoms with Crippen molar-refractivity contribution in [1.29, 1.82) is 0 Å². The normalized spacial score (nSPS) is 11.9. The van der Waals surface area contributed by atoms with E-state index < -0.39 is 0 Å². The Morgan fingerprint density at radius 3 is 2.78 bits per heavy atom. The molecule has 0 N–H and O–H groups in total. The molecule has 50 valence electrons. The topological polar surface area (TPSA) is 3.24 Å².